The van der Waals surface area contributed by atoms with Gasteiger partial charge in [-0.25, -0.2) is 14.6 Å². The van der Waals surface area contributed by atoms with Crippen molar-refractivity contribution in [1.29, 1.82) is 0 Å². The number of rotatable bonds is 7. The van der Waals surface area contributed by atoms with Crippen LogP contribution in [-0.4, -0.2) is 49.1 Å². The van der Waals surface area contributed by atoms with Crippen molar-refractivity contribution in [1.82, 2.24) is 10.3 Å². The summed E-state index contributed by atoms with van der Waals surface area (Å²) in [6.07, 6.45) is 5.85. The van der Waals surface area contributed by atoms with Gasteiger partial charge >= 0.3 is 11.9 Å². The second-order valence-corrected chi connectivity index (χ2v) is 8.20. The fourth-order valence-corrected chi connectivity index (χ4v) is 3.70. The number of ether oxygens (including phenoxy) is 4. The summed E-state index contributed by atoms with van der Waals surface area (Å²) in [5.74, 6) is -1.65. The van der Waals surface area contributed by atoms with Crippen molar-refractivity contribution < 1.29 is 33.0 Å². The summed E-state index contributed by atoms with van der Waals surface area (Å²) in [6, 6.07) is 5.28. The number of cyclic esters (lactones) is 2. The molecule has 4 rings (SSSR count). The predicted octanol–water partition coefficient (Wildman–Crippen LogP) is 2.97. The number of oxazole rings is 1. The van der Waals surface area contributed by atoms with Gasteiger partial charge in [0.05, 0.1) is 25.0 Å². The van der Waals surface area contributed by atoms with Crippen molar-refractivity contribution in [3.05, 3.63) is 42.2 Å². The van der Waals surface area contributed by atoms with E-state index in [2.05, 4.69) is 15.6 Å². The van der Waals surface area contributed by atoms with E-state index in [4.69, 9.17) is 23.4 Å². The van der Waals surface area contributed by atoms with E-state index in [1.165, 1.54) is 27.4 Å². The number of anilines is 1. The van der Waals surface area contributed by atoms with E-state index in [9.17, 15) is 9.59 Å². The van der Waals surface area contributed by atoms with Gasteiger partial charge in [0.25, 0.3) is 5.79 Å². The van der Waals surface area contributed by atoms with Crippen LogP contribution in [0.5, 0.6) is 5.75 Å². The van der Waals surface area contributed by atoms with Crippen molar-refractivity contribution in [2.24, 2.45) is 0 Å². The number of nitrogens with zero attached hydrogens (tertiary/aromatic N) is 1. The van der Waals surface area contributed by atoms with Gasteiger partial charge in [-0.3, -0.25) is 0 Å². The first-order valence-corrected chi connectivity index (χ1v) is 10.8. The molecule has 0 amide bonds. The topological polar surface area (TPSA) is 121 Å². The first-order chi connectivity index (χ1) is 15.9. The molecule has 0 saturated carbocycles. The summed E-state index contributed by atoms with van der Waals surface area (Å²) in [5, 5.41) is 6.26. The molecule has 10 nitrogen and oxygen atoms in total. The Morgan fingerprint density at radius 1 is 1.21 bits per heavy atom. The Kier molecular flexibility index (Phi) is 6.55. The van der Waals surface area contributed by atoms with Crippen molar-refractivity contribution in [2.45, 2.75) is 45.0 Å². The average molecular weight is 457 g/mol. The van der Waals surface area contributed by atoms with Crippen LogP contribution in [0.3, 0.4) is 0 Å². The zero-order valence-corrected chi connectivity index (χ0v) is 18.8. The van der Waals surface area contributed by atoms with Gasteiger partial charge in [-0.05, 0) is 31.4 Å². The van der Waals surface area contributed by atoms with Crippen LogP contribution in [0.15, 0.2) is 46.6 Å². The molecule has 0 bridgehead atoms. The number of carbonyl (C=O) groups excluding carboxylic acids is 2. The highest BCUT2D eigenvalue weighted by Gasteiger charge is 2.41. The normalized spacial score (nSPS) is 20.0. The summed E-state index contributed by atoms with van der Waals surface area (Å²) >= 11 is 0. The first kappa shape index (κ1) is 22.7. The minimum absolute atomic E-state index is 0.0356. The fourth-order valence-electron chi connectivity index (χ4n) is 3.70. The van der Waals surface area contributed by atoms with Crippen molar-refractivity contribution in [3.8, 4) is 17.1 Å². The third-order valence-corrected chi connectivity index (χ3v) is 5.28. The van der Waals surface area contributed by atoms with Gasteiger partial charge in [0.1, 0.15) is 11.6 Å². The van der Waals surface area contributed by atoms with Gasteiger partial charge in [-0.2, -0.15) is 0 Å². The maximum atomic E-state index is 12.7. The van der Waals surface area contributed by atoms with Gasteiger partial charge in [0.15, 0.2) is 17.7 Å². The highest BCUT2D eigenvalue weighted by molar-refractivity contribution is 6.16. The molecule has 10 heteroatoms. The summed E-state index contributed by atoms with van der Waals surface area (Å²) < 4.78 is 27.2. The second kappa shape index (κ2) is 9.53. The van der Waals surface area contributed by atoms with E-state index in [0.29, 0.717) is 35.9 Å². The number of aromatic nitrogens is 1. The maximum Gasteiger partial charge on any atom is 0.352 e. The molecular formula is C23H27N3O7. The minimum Gasteiger partial charge on any atom is -0.496 e. The molecule has 0 spiro atoms. The van der Waals surface area contributed by atoms with Crippen LogP contribution in [0, 0.1) is 0 Å². The smallest absolute Gasteiger partial charge is 0.352 e. The van der Waals surface area contributed by atoms with Gasteiger partial charge in [0, 0.05) is 38.8 Å². The lowest BCUT2D eigenvalue weighted by molar-refractivity contribution is -0.222. The number of benzene rings is 1. The molecule has 2 aromatic rings. The monoisotopic (exact) mass is 457 g/mol. The zero-order valence-electron chi connectivity index (χ0n) is 18.8. The summed E-state index contributed by atoms with van der Waals surface area (Å²) in [4.78, 5) is 29.3. The average Bonchev–Trinajstić information content (AvgIpc) is 3.31. The fraction of sp³-hybridized carbons (Fsp3) is 0.435. The van der Waals surface area contributed by atoms with E-state index in [1.54, 1.807) is 24.4 Å². The third-order valence-electron chi connectivity index (χ3n) is 5.28. The Morgan fingerprint density at radius 2 is 2.00 bits per heavy atom. The molecule has 1 atom stereocenters. The number of hydrogen-bond acceptors (Lipinski definition) is 10. The molecule has 2 N–H and O–H groups in total. The lowest BCUT2D eigenvalue weighted by atomic mass is 10.1. The Bertz CT molecular complexity index is 1020. The van der Waals surface area contributed by atoms with Crippen LogP contribution in [0.1, 0.15) is 33.1 Å². The molecule has 0 aliphatic carbocycles. The van der Waals surface area contributed by atoms with E-state index in [0.717, 1.165) is 19.3 Å². The van der Waals surface area contributed by atoms with E-state index in [1.807, 2.05) is 0 Å². The molecule has 2 saturated heterocycles. The summed E-state index contributed by atoms with van der Waals surface area (Å²) in [7, 11) is 1.54. The molecule has 2 aliphatic rings. The Labute approximate surface area is 191 Å². The molecule has 3 heterocycles. The lowest BCUT2D eigenvalue weighted by Crippen LogP contribution is -2.44. The molecule has 33 heavy (non-hydrogen) atoms. The van der Waals surface area contributed by atoms with E-state index >= 15 is 0 Å². The van der Waals surface area contributed by atoms with E-state index < -0.39 is 17.7 Å². The van der Waals surface area contributed by atoms with Crippen molar-refractivity contribution in [2.75, 3.05) is 25.6 Å². The molecule has 0 unspecified atom stereocenters. The van der Waals surface area contributed by atoms with Gasteiger partial charge in [0.2, 0.25) is 0 Å². The molecule has 1 aromatic heterocycles. The predicted molar refractivity (Wildman–Crippen MR) is 117 cm³/mol. The Morgan fingerprint density at radius 3 is 2.64 bits per heavy atom. The SMILES string of the molecule is COc1cc(NC(NC[C@@H]2CCCCO2)=C2C(=O)OC(C)(C)OC2=O)ccc1-c1cnco1. The molecule has 0 radical (unpaired) electrons. The van der Waals surface area contributed by atoms with Gasteiger partial charge < -0.3 is 34.0 Å². The van der Waals surface area contributed by atoms with E-state index in [-0.39, 0.29) is 17.5 Å². The maximum absolute atomic E-state index is 12.7. The minimum atomic E-state index is -1.34. The third kappa shape index (κ3) is 5.28. The lowest BCUT2D eigenvalue weighted by Gasteiger charge is -2.31. The Balaban J connectivity index is 1.63. The number of nitrogens with one attached hydrogen (secondary N) is 2. The van der Waals surface area contributed by atoms with Crippen LogP contribution in [0.4, 0.5) is 5.69 Å². The highest BCUT2D eigenvalue weighted by atomic mass is 16.7. The summed E-state index contributed by atoms with van der Waals surface area (Å²) in [5.41, 5.74) is 1.03. The number of esters is 2. The van der Waals surface area contributed by atoms with Gasteiger partial charge in [-0.1, -0.05) is 0 Å². The van der Waals surface area contributed by atoms with Crippen LogP contribution in [-0.2, 0) is 23.8 Å². The molecule has 1 aromatic carbocycles. The van der Waals surface area contributed by atoms with Gasteiger partial charge in [-0.15, -0.1) is 0 Å². The molecular weight excluding hydrogens is 430 g/mol. The highest BCUT2D eigenvalue weighted by Crippen LogP contribution is 2.33. The molecule has 2 aliphatic heterocycles. The van der Waals surface area contributed by atoms with Crippen LogP contribution < -0.4 is 15.4 Å². The number of carbonyl (C=O) groups is 2. The van der Waals surface area contributed by atoms with Crippen LogP contribution in [0.2, 0.25) is 0 Å². The molecule has 2 fully saturated rings. The standard InChI is InChI=1S/C23H27N3O7/c1-23(2)32-21(27)19(22(28)33-23)20(25-11-15-6-4-5-9-30-15)26-14-7-8-16(17(10-14)29-3)18-12-24-13-31-18/h7-8,10,12-13,15,25-26H,4-6,9,11H2,1-3H3/t15-/m0/s1. The molecule has 176 valence electrons. The summed E-state index contributed by atoms with van der Waals surface area (Å²) in [6.45, 7) is 4.10. The van der Waals surface area contributed by atoms with Crippen LogP contribution in [0.25, 0.3) is 11.3 Å². The number of hydrogen-bond donors (Lipinski definition) is 2. The Hall–Kier alpha value is -3.53. The zero-order chi connectivity index (χ0) is 23.4. The second-order valence-electron chi connectivity index (χ2n) is 8.20. The number of methoxy groups -OCH3 is 1. The van der Waals surface area contributed by atoms with Crippen molar-refractivity contribution >= 4 is 17.6 Å². The quantitative estimate of drug-likeness (QED) is 0.365. The largest absolute Gasteiger partial charge is 0.496 e. The van der Waals surface area contributed by atoms with Crippen molar-refractivity contribution in [3.63, 3.8) is 0 Å². The first-order valence-electron chi connectivity index (χ1n) is 10.8. The van der Waals surface area contributed by atoms with Crippen LogP contribution >= 0.6 is 0 Å².